The molecular formula is C24H26N2O3S. The maximum Gasteiger partial charge on any atom is 0.243 e. The van der Waals surface area contributed by atoms with Gasteiger partial charge in [-0.1, -0.05) is 54.1 Å². The molecule has 0 spiro atoms. The number of anilines is 1. The number of fused-ring (bicyclic) bond motifs is 1. The molecule has 0 unspecified atom stereocenters. The lowest BCUT2D eigenvalue weighted by molar-refractivity contribution is -0.120. The fourth-order valence-electron chi connectivity index (χ4n) is 4.16. The molecule has 6 heteroatoms. The fraction of sp³-hybridized carbons (Fsp3) is 0.292. The average Bonchev–Trinajstić information content (AvgIpc) is 2.74. The third-order valence-corrected chi connectivity index (χ3v) is 7.88. The molecule has 1 heterocycles. The Kier molecular flexibility index (Phi) is 5.62. The molecule has 4 rings (SSSR count). The summed E-state index contributed by atoms with van der Waals surface area (Å²) in [6.07, 6.45) is 1.03. The Bertz CT molecular complexity index is 1190. The maximum atomic E-state index is 13.1. The smallest absolute Gasteiger partial charge is 0.243 e. The topological polar surface area (TPSA) is 66.5 Å². The van der Waals surface area contributed by atoms with E-state index in [2.05, 4.69) is 5.32 Å². The first-order valence-corrected chi connectivity index (χ1v) is 11.7. The monoisotopic (exact) mass is 422 g/mol. The van der Waals surface area contributed by atoms with Crippen LogP contribution in [0.1, 0.15) is 24.0 Å². The van der Waals surface area contributed by atoms with Crippen LogP contribution < -0.4 is 5.32 Å². The number of carbonyl (C=O) groups excluding carboxylic acids is 1. The summed E-state index contributed by atoms with van der Waals surface area (Å²) in [5.74, 6) is -0.246. The standard InChI is InChI=1S/C24H26N2O3S/c1-17-10-11-23(18(2)16-17)30(28,29)26-14-12-20(13-15-26)24(27)25-22-9-5-7-19-6-3-4-8-21(19)22/h3-11,16,20H,12-15H2,1-2H3,(H,25,27). The molecule has 0 bridgehead atoms. The number of benzene rings is 3. The Hall–Kier alpha value is -2.70. The second-order valence-electron chi connectivity index (χ2n) is 7.96. The lowest BCUT2D eigenvalue weighted by Crippen LogP contribution is -2.41. The van der Waals surface area contributed by atoms with Crippen molar-refractivity contribution in [2.24, 2.45) is 5.92 Å². The molecule has 1 fully saturated rings. The molecule has 0 radical (unpaired) electrons. The first-order chi connectivity index (χ1) is 14.4. The highest BCUT2D eigenvalue weighted by atomic mass is 32.2. The SMILES string of the molecule is Cc1ccc(S(=O)(=O)N2CCC(C(=O)Nc3cccc4ccccc34)CC2)c(C)c1. The molecule has 1 N–H and O–H groups in total. The first-order valence-electron chi connectivity index (χ1n) is 10.2. The highest BCUT2D eigenvalue weighted by molar-refractivity contribution is 7.89. The van der Waals surface area contributed by atoms with E-state index in [1.54, 1.807) is 6.07 Å². The minimum atomic E-state index is -3.54. The number of sulfonamides is 1. The predicted molar refractivity (Wildman–Crippen MR) is 120 cm³/mol. The van der Waals surface area contributed by atoms with Gasteiger partial charge < -0.3 is 5.32 Å². The largest absolute Gasteiger partial charge is 0.325 e. The third kappa shape index (κ3) is 3.98. The van der Waals surface area contributed by atoms with Gasteiger partial charge in [0.1, 0.15) is 0 Å². The van der Waals surface area contributed by atoms with Crippen molar-refractivity contribution in [1.29, 1.82) is 0 Å². The molecule has 3 aromatic rings. The first kappa shape index (κ1) is 20.6. The molecule has 1 aliphatic rings. The van der Waals surface area contributed by atoms with E-state index >= 15 is 0 Å². The lowest BCUT2D eigenvalue weighted by Gasteiger charge is -2.31. The van der Waals surface area contributed by atoms with Gasteiger partial charge in [0, 0.05) is 30.1 Å². The Morgan fingerprint density at radius 2 is 1.67 bits per heavy atom. The van der Waals surface area contributed by atoms with E-state index in [-0.39, 0.29) is 11.8 Å². The summed E-state index contributed by atoms with van der Waals surface area (Å²) in [4.78, 5) is 13.2. The lowest BCUT2D eigenvalue weighted by atomic mass is 9.97. The highest BCUT2D eigenvalue weighted by Crippen LogP contribution is 2.28. The normalized spacial score (nSPS) is 15.9. The molecule has 1 amide bonds. The average molecular weight is 423 g/mol. The van der Waals surface area contributed by atoms with Crippen molar-refractivity contribution in [2.75, 3.05) is 18.4 Å². The number of amides is 1. The minimum absolute atomic E-state index is 0.0464. The van der Waals surface area contributed by atoms with Gasteiger partial charge in [-0.15, -0.1) is 0 Å². The molecule has 0 saturated carbocycles. The van der Waals surface area contributed by atoms with Crippen molar-refractivity contribution >= 4 is 32.4 Å². The van der Waals surface area contributed by atoms with Crippen molar-refractivity contribution in [2.45, 2.75) is 31.6 Å². The highest BCUT2D eigenvalue weighted by Gasteiger charge is 2.32. The zero-order chi connectivity index (χ0) is 21.3. The summed E-state index contributed by atoms with van der Waals surface area (Å²) in [6, 6.07) is 19.2. The van der Waals surface area contributed by atoms with E-state index in [4.69, 9.17) is 0 Å². The van der Waals surface area contributed by atoms with Gasteiger partial charge in [-0.3, -0.25) is 4.79 Å². The van der Waals surface area contributed by atoms with Crippen molar-refractivity contribution in [3.05, 3.63) is 71.8 Å². The van der Waals surface area contributed by atoms with Gasteiger partial charge >= 0.3 is 0 Å². The van der Waals surface area contributed by atoms with Gasteiger partial charge in [-0.2, -0.15) is 4.31 Å². The minimum Gasteiger partial charge on any atom is -0.325 e. The number of piperidine rings is 1. The molecule has 1 aliphatic heterocycles. The Labute approximate surface area is 177 Å². The number of nitrogens with one attached hydrogen (secondary N) is 1. The summed E-state index contributed by atoms with van der Waals surface area (Å²) < 4.78 is 27.6. The van der Waals surface area contributed by atoms with Gasteiger partial charge in [-0.25, -0.2) is 8.42 Å². The molecule has 30 heavy (non-hydrogen) atoms. The summed E-state index contributed by atoms with van der Waals surface area (Å²) in [5, 5.41) is 5.13. The maximum absolute atomic E-state index is 13.1. The van der Waals surface area contributed by atoms with E-state index < -0.39 is 10.0 Å². The fourth-order valence-corrected chi connectivity index (χ4v) is 5.83. The van der Waals surface area contributed by atoms with Gasteiger partial charge in [-0.05, 0) is 49.8 Å². The van der Waals surface area contributed by atoms with Crippen LogP contribution in [-0.2, 0) is 14.8 Å². The predicted octanol–water partition coefficient (Wildman–Crippen LogP) is 4.50. The zero-order valence-electron chi connectivity index (χ0n) is 17.3. The van der Waals surface area contributed by atoms with Crippen molar-refractivity contribution in [1.82, 2.24) is 4.31 Å². The molecule has 5 nitrogen and oxygen atoms in total. The van der Waals surface area contributed by atoms with Crippen molar-refractivity contribution in [3.8, 4) is 0 Å². The van der Waals surface area contributed by atoms with Gasteiger partial charge in [0.25, 0.3) is 0 Å². The zero-order valence-corrected chi connectivity index (χ0v) is 18.1. The molecular weight excluding hydrogens is 396 g/mol. The second-order valence-corrected chi connectivity index (χ2v) is 9.87. The van der Waals surface area contributed by atoms with Gasteiger partial charge in [0.15, 0.2) is 0 Å². The van der Waals surface area contributed by atoms with E-state index in [1.807, 2.05) is 68.4 Å². The quantitative estimate of drug-likeness (QED) is 0.673. The number of rotatable bonds is 4. The summed E-state index contributed by atoms with van der Waals surface area (Å²) in [7, 11) is -3.54. The number of nitrogens with zero attached hydrogens (tertiary/aromatic N) is 1. The second kappa shape index (κ2) is 8.20. The summed E-state index contributed by atoms with van der Waals surface area (Å²) in [6.45, 7) is 4.47. The van der Waals surface area contributed by atoms with Crippen LogP contribution in [0.2, 0.25) is 0 Å². The van der Waals surface area contributed by atoms with Crippen LogP contribution in [0.3, 0.4) is 0 Å². The van der Waals surface area contributed by atoms with Crippen LogP contribution in [0, 0.1) is 19.8 Å². The Morgan fingerprint density at radius 1 is 0.967 bits per heavy atom. The molecule has 0 aromatic heterocycles. The third-order valence-electron chi connectivity index (χ3n) is 5.82. The van der Waals surface area contributed by atoms with Crippen LogP contribution in [0.4, 0.5) is 5.69 Å². The molecule has 0 aliphatic carbocycles. The number of carbonyl (C=O) groups is 1. The van der Waals surface area contributed by atoms with Crippen molar-refractivity contribution < 1.29 is 13.2 Å². The number of hydrogen-bond acceptors (Lipinski definition) is 3. The Morgan fingerprint density at radius 3 is 2.40 bits per heavy atom. The number of aryl methyl sites for hydroxylation is 2. The van der Waals surface area contributed by atoms with Crippen LogP contribution in [0.5, 0.6) is 0 Å². The van der Waals surface area contributed by atoms with E-state index in [9.17, 15) is 13.2 Å². The van der Waals surface area contributed by atoms with E-state index in [0.717, 1.165) is 27.6 Å². The molecule has 1 saturated heterocycles. The van der Waals surface area contributed by atoms with Crippen LogP contribution in [0.25, 0.3) is 10.8 Å². The summed E-state index contributed by atoms with van der Waals surface area (Å²) in [5.41, 5.74) is 2.59. The van der Waals surface area contributed by atoms with Crippen LogP contribution in [-0.4, -0.2) is 31.7 Å². The Balaban J connectivity index is 1.44. The molecule has 0 atom stereocenters. The van der Waals surface area contributed by atoms with Gasteiger partial charge in [0.05, 0.1) is 4.90 Å². The van der Waals surface area contributed by atoms with Gasteiger partial charge in [0.2, 0.25) is 15.9 Å². The molecule has 156 valence electrons. The van der Waals surface area contributed by atoms with E-state index in [0.29, 0.717) is 30.8 Å². The van der Waals surface area contributed by atoms with E-state index in [1.165, 1.54) is 4.31 Å². The number of hydrogen-bond donors (Lipinski definition) is 1. The summed E-state index contributed by atoms with van der Waals surface area (Å²) >= 11 is 0. The molecule has 3 aromatic carbocycles. The van der Waals surface area contributed by atoms with Crippen molar-refractivity contribution in [3.63, 3.8) is 0 Å². The van der Waals surface area contributed by atoms with Crippen LogP contribution >= 0.6 is 0 Å². The van der Waals surface area contributed by atoms with Crippen LogP contribution in [0.15, 0.2) is 65.6 Å².